The van der Waals surface area contributed by atoms with Crippen LogP contribution in [0.1, 0.15) is 6.42 Å². The van der Waals surface area contributed by atoms with E-state index >= 15 is 0 Å². The Bertz CT molecular complexity index is 575. The predicted octanol–water partition coefficient (Wildman–Crippen LogP) is 1.45. The monoisotopic (exact) mass is 293 g/mol. The Morgan fingerprint density at radius 1 is 1.30 bits per heavy atom. The SMILES string of the molecule is O=C(O)CCN(C(=O)Nc1nnns1)c1ccccc1. The van der Waals surface area contributed by atoms with Gasteiger partial charge in [-0.3, -0.25) is 15.0 Å². The first kappa shape index (κ1) is 13.9. The smallest absolute Gasteiger partial charge is 0.328 e. The number of benzene rings is 1. The van der Waals surface area contributed by atoms with E-state index in [-0.39, 0.29) is 18.1 Å². The number of aliphatic carboxylic acids is 1. The summed E-state index contributed by atoms with van der Waals surface area (Å²) in [5.74, 6) is -0.976. The molecule has 9 heteroatoms. The minimum atomic E-state index is -0.976. The summed E-state index contributed by atoms with van der Waals surface area (Å²) in [4.78, 5) is 24.2. The average molecular weight is 293 g/mol. The highest BCUT2D eigenvalue weighted by Gasteiger charge is 2.18. The van der Waals surface area contributed by atoms with Crippen molar-refractivity contribution in [2.45, 2.75) is 6.42 Å². The molecule has 0 aliphatic heterocycles. The van der Waals surface area contributed by atoms with Crippen LogP contribution in [0.5, 0.6) is 0 Å². The van der Waals surface area contributed by atoms with Gasteiger partial charge in [0.1, 0.15) is 0 Å². The van der Waals surface area contributed by atoms with Crippen molar-refractivity contribution in [1.29, 1.82) is 0 Å². The van der Waals surface area contributed by atoms with Crippen LogP contribution in [0, 0.1) is 0 Å². The lowest BCUT2D eigenvalue weighted by molar-refractivity contribution is -0.136. The second-order valence-electron chi connectivity index (χ2n) is 3.73. The molecule has 2 amide bonds. The number of urea groups is 1. The van der Waals surface area contributed by atoms with Gasteiger partial charge in [0.15, 0.2) is 0 Å². The summed E-state index contributed by atoms with van der Waals surface area (Å²) >= 11 is 0.941. The molecule has 2 N–H and O–H groups in total. The van der Waals surface area contributed by atoms with Gasteiger partial charge in [-0.2, -0.15) is 0 Å². The second kappa shape index (κ2) is 6.57. The highest BCUT2D eigenvalue weighted by atomic mass is 32.1. The molecule has 0 saturated heterocycles. The number of carboxylic acids is 1. The van der Waals surface area contributed by atoms with E-state index in [1.807, 2.05) is 6.07 Å². The Morgan fingerprint density at radius 3 is 2.65 bits per heavy atom. The largest absolute Gasteiger partial charge is 0.481 e. The van der Waals surface area contributed by atoms with Crippen molar-refractivity contribution >= 4 is 34.4 Å². The summed E-state index contributed by atoms with van der Waals surface area (Å²) in [6.07, 6.45) is -0.156. The van der Waals surface area contributed by atoms with Crippen LogP contribution in [-0.2, 0) is 4.79 Å². The third-order valence-corrected chi connectivity index (χ3v) is 2.89. The lowest BCUT2D eigenvalue weighted by atomic mass is 10.3. The standard InChI is InChI=1S/C11H11N5O3S/c17-9(18)6-7-16(8-4-2-1-3-5-8)11(19)12-10-13-14-15-20-10/h1-5H,6-7H2,(H,17,18)(H,12,13,15,19). The second-order valence-corrected chi connectivity index (χ2v) is 4.46. The van der Waals surface area contributed by atoms with Crippen molar-refractivity contribution in [1.82, 2.24) is 14.8 Å². The minimum Gasteiger partial charge on any atom is -0.481 e. The number of nitrogens with zero attached hydrogens (tertiary/aromatic N) is 4. The molecule has 2 rings (SSSR count). The lowest BCUT2D eigenvalue weighted by Crippen LogP contribution is -2.36. The van der Waals surface area contributed by atoms with Crippen LogP contribution >= 0.6 is 11.5 Å². The normalized spacial score (nSPS) is 10.0. The maximum atomic E-state index is 12.2. The van der Waals surface area contributed by atoms with Crippen LogP contribution in [-0.4, -0.2) is 38.5 Å². The molecule has 2 aromatic rings. The van der Waals surface area contributed by atoms with Crippen LogP contribution < -0.4 is 10.2 Å². The zero-order chi connectivity index (χ0) is 14.4. The van der Waals surface area contributed by atoms with Crippen molar-refractivity contribution in [3.05, 3.63) is 30.3 Å². The van der Waals surface area contributed by atoms with E-state index in [0.29, 0.717) is 5.69 Å². The molecule has 0 aliphatic rings. The summed E-state index contributed by atoms with van der Waals surface area (Å²) in [6.45, 7) is 0.0530. The number of aromatic nitrogens is 3. The number of anilines is 2. The molecule has 0 fully saturated rings. The fourth-order valence-corrected chi connectivity index (χ4v) is 1.86. The third-order valence-electron chi connectivity index (χ3n) is 2.38. The maximum Gasteiger partial charge on any atom is 0.328 e. The quantitative estimate of drug-likeness (QED) is 0.863. The number of carbonyl (C=O) groups is 2. The Labute approximate surface area is 118 Å². The topological polar surface area (TPSA) is 108 Å². The van der Waals surface area contributed by atoms with E-state index in [2.05, 4.69) is 20.1 Å². The van der Waals surface area contributed by atoms with E-state index in [9.17, 15) is 9.59 Å². The molecule has 0 unspecified atom stereocenters. The van der Waals surface area contributed by atoms with E-state index in [0.717, 1.165) is 11.5 Å². The predicted molar refractivity (Wildman–Crippen MR) is 72.8 cm³/mol. The molecule has 0 bridgehead atoms. The summed E-state index contributed by atoms with van der Waals surface area (Å²) in [5.41, 5.74) is 0.601. The van der Waals surface area contributed by atoms with Gasteiger partial charge in [-0.1, -0.05) is 27.8 Å². The maximum absolute atomic E-state index is 12.2. The Balaban J connectivity index is 2.13. The first-order chi connectivity index (χ1) is 9.66. The van der Waals surface area contributed by atoms with Gasteiger partial charge in [-0.25, -0.2) is 4.79 Å². The van der Waals surface area contributed by atoms with Crippen LogP contribution in [0.25, 0.3) is 0 Å². The van der Waals surface area contributed by atoms with Crippen LogP contribution in [0.2, 0.25) is 0 Å². The number of rotatable bonds is 5. The number of hydrogen-bond donors (Lipinski definition) is 2. The van der Waals surface area contributed by atoms with Gasteiger partial charge in [-0.15, -0.1) is 0 Å². The Morgan fingerprint density at radius 2 is 2.05 bits per heavy atom. The van der Waals surface area contributed by atoms with Gasteiger partial charge >= 0.3 is 12.0 Å². The lowest BCUT2D eigenvalue weighted by Gasteiger charge is -2.21. The first-order valence-electron chi connectivity index (χ1n) is 5.67. The Hall–Kier alpha value is -2.55. The molecular weight excluding hydrogens is 282 g/mol. The molecule has 8 nitrogen and oxygen atoms in total. The molecule has 0 spiro atoms. The number of carboxylic acid groups (broad SMARTS) is 1. The Kier molecular flexibility index (Phi) is 4.56. The fraction of sp³-hybridized carbons (Fsp3) is 0.182. The summed E-state index contributed by atoms with van der Waals surface area (Å²) < 4.78 is 3.53. The summed E-state index contributed by atoms with van der Waals surface area (Å²) in [6, 6.07) is 8.31. The number of nitrogens with one attached hydrogen (secondary N) is 1. The van der Waals surface area contributed by atoms with Crippen LogP contribution in [0.3, 0.4) is 0 Å². The third kappa shape index (κ3) is 3.72. The molecule has 0 saturated carbocycles. The van der Waals surface area contributed by atoms with Gasteiger partial charge in [0.05, 0.1) is 6.42 Å². The van der Waals surface area contributed by atoms with Crippen LogP contribution in [0.15, 0.2) is 30.3 Å². The fourth-order valence-electron chi connectivity index (χ4n) is 1.50. The van der Waals surface area contributed by atoms with Crippen molar-refractivity contribution in [2.24, 2.45) is 0 Å². The highest BCUT2D eigenvalue weighted by Crippen LogP contribution is 2.16. The molecule has 0 radical (unpaired) electrons. The molecule has 20 heavy (non-hydrogen) atoms. The van der Waals surface area contributed by atoms with Crippen LogP contribution in [0.4, 0.5) is 15.6 Å². The van der Waals surface area contributed by atoms with Gasteiger partial charge in [0, 0.05) is 23.8 Å². The van der Waals surface area contributed by atoms with E-state index in [1.54, 1.807) is 24.3 Å². The number of hydrogen-bond acceptors (Lipinski definition) is 6. The highest BCUT2D eigenvalue weighted by molar-refractivity contribution is 7.09. The van der Waals surface area contributed by atoms with Crippen molar-refractivity contribution in [3.8, 4) is 0 Å². The molecule has 1 aromatic carbocycles. The molecule has 1 aromatic heterocycles. The number of para-hydroxylation sites is 1. The number of amides is 2. The first-order valence-corrected chi connectivity index (χ1v) is 6.44. The molecule has 1 heterocycles. The van der Waals surface area contributed by atoms with Gasteiger partial charge in [0.25, 0.3) is 0 Å². The zero-order valence-electron chi connectivity index (χ0n) is 10.3. The van der Waals surface area contributed by atoms with Gasteiger partial charge in [0.2, 0.25) is 5.13 Å². The van der Waals surface area contributed by atoms with E-state index in [4.69, 9.17) is 5.11 Å². The van der Waals surface area contributed by atoms with E-state index in [1.165, 1.54) is 4.90 Å². The van der Waals surface area contributed by atoms with Gasteiger partial charge < -0.3 is 5.11 Å². The average Bonchev–Trinajstić information content (AvgIpc) is 2.92. The van der Waals surface area contributed by atoms with E-state index < -0.39 is 12.0 Å². The molecule has 0 atom stereocenters. The summed E-state index contributed by atoms with van der Waals surface area (Å²) in [7, 11) is 0. The molecular formula is C11H11N5O3S. The number of carbonyl (C=O) groups excluding carboxylic acids is 1. The zero-order valence-corrected chi connectivity index (χ0v) is 11.1. The molecule has 0 aliphatic carbocycles. The van der Waals surface area contributed by atoms with Crippen molar-refractivity contribution < 1.29 is 14.7 Å². The van der Waals surface area contributed by atoms with Gasteiger partial charge in [-0.05, 0) is 17.3 Å². The van der Waals surface area contributed by atoms with Crippen molar-refractivity contribution in [2.75, 3.05) is 16.8 Å². The summed E-state index contributed by atoms with van der Waals surface area (Å²) in [5, 5.41) is 18.5. The molecule has 104 valence electrons. The van der Waals surface area contributed by atoms with Crippen molar-refractivity contribution in [3.63, 3.8) is 0 Å². The minimum absolute atomic E-state index is 0.0530.